The number of carbonyl (C=O) groups excluding carboxylic acids is 2. The van der Waals surface area contributed by atoms with Gasteiger partial charge in [0, 0.05) is 22.9 Å². The van der Waals surface area contributed by atoms with Crippen molar-refractivity contribution in [2.75, 3.05) is 27.4 Å². The van der Waals surface area contributed by atoms with Gasteiger partial charge in [-0.2, -0.15) is 0 Å². The van der Waals surface area contributed by atoms with Crippen LogP contribution in [-0.4, -0.2) is 49.3 Å². The lowest BCUT2D eigenvalue weighted by Gasteiger charge is -2.15. The number of esters is 2. The number of fused-ring (bicyclic) bond motifs is 2. The van der Waals surface area contributed by atoms with E-state index < -0.39 is 11.9 Å². The Morgan fingerprint density at radius 3 is 1.47 bits per heavy atom. The second-order valence-corrected chi connectivity index (χ2v) is 8.29. The zero-order valence-electron chi connectivity index (χ0n) is 19.2. The molecular weight excluding hydrogens is 412 g/mol. The molecule has 2 aromatic heterocycles. The molecule has 32 heavy (non-hydrogen) atoms. The van der Waals surface area contributed by atoms with Gasteiger partial charge in [0.25, 0.3) is 0 Å². The summed E-state index contributed by atoms with van der Waals surface area (Å²) in [6.45, 7) is 9.08. The van der Waals surface area contributed by atoms with Gasteiger partial charge in [0.15, 0.2) is 11.4 Å². The van der Waals surface area contributed by atoms with Crippen LogP contribution < -0.4 is 9.47 Å². The van der Waals surface area contributed by atoms with Crippen LogP contribution in [0.3, 0.4) is 0 Å². The molecule has 0 aliphatic rings. The second kappa shape index (κ2) is 9.80. The maximum absolute atomic E-state index is 12.2. The molecule has 8 nitrogen and oxygen atoms in total. The van der Waals surface area contributed by atoms with Gasteiger partial charge < -0.3 is 18.9 Å². The van der Waals surface area contributed by atoms with E-state index in [0.29, 0.717) is 46.5 Å². The van der Waals surface area contributed by atoms with Gasteiger partial charge in [-0.3, -0.25) is 0 Å². The summed E-state index contributed by atoms with van der Waals surface area (Å²) >= 11 is 0. The lowest BCUT2D eigenvalue weighted by molar-refractivity contribution is 0.0585. The van der Waals surface area contributed by atoms with Crippen LogP contribution in [0, 0.1) is 11.8 Å². The van der Waals surface area contributed by atoms with Crippen LogP contribution >= 0.6 is 0 Å². The summed E-state index contributed by atoms with van der Waals surface area (Å²) in [5, 5.41) is 1.40. The first-order valence-electron chi connectivity index (χ1n) is 10.4. The number of carbonyl (C=O) groups is 2. The van der Waals surface area contributed by atoms with E-state index in [1.165, 1.54) is 14.2 Å². The van der Waals surface area contributed by atoms with E-state index in [9.17, 15) is 9.59 Å². The number of aromatic nitrogens is 2. The molecule has 8 heteroatoms. The summed E-state index contributed by atoms with van der Waals surface area (Å²) < 4.78 is 21.7. The maximum Gasteiger partial charge on any atom is 0.356 e. The zero-order chi connectivity index (χ0) is 23.4. The summed E-state index contributed by atoms with van der Waals surface area (Å²) in [6, 6.07) is 6.71. The average molecular weight is 440 g/mol. The molecular formula is C24H28N2O6. The molecule has 0 saturated carbocycles. The van der Waals surface area contributed by atoms with Crippen molar-refractivity contribution in [1.29, 1.82) is 0 Å². The van der Waals surface area contributed by atoms with E-state index in [1.54, 1.807) is 18.2 Å². The topological polar surface area (TPSA) is 96.8 Å². The van der Waals surface area contributed by atoms with Gasteiger partial charge in [0.05, 0.1) is 38.5 Å². The van der Waals surface area contributed by atoms with Crippen molar-refractivity contribution in [3.05, 3.63) is 35.7 Å². The number of hydrogen-bond acceptors (Lipinski definition) is 8. The third-order valence-electron chi connectivity index (χ3n) is 4.60. The van der Waals surface area contributed by atoms with Crippen molar-refractivity contribution < 1.29 is 28.5 Å². The molecule has 0 aliphatic carbocycles. The number of rotatable bonds is 8. The highest BCUT2D eigenvalue weighted by molar-refractivity contribution is 6.03. The van der Waals surface area contributed by atoms with Crippen LogP contribution in [0.2, 0.25) is 0 Å². The fraction of sp³-hybridized carbons (Fsp3) is 0.417. The van der Waals surface area contributed by atoms with E-state index >= 15 is 0 Å². The molecule has 0 N–H and O–H groups in total. The summed E-state index contributed by atoms with van der Waals surface area (Å²) in [5.74, 6) is 0.455. The van der Waals surface area contributed by atoms with Gasteiger partial charge in [-0.1, -0.05) is 27.7 Å². The van der Waals surface area contributed by atoms with Gasteiger partial charge in [-0.15, -0.1) is 0 Å². The van der Waals surface area contributed by atoms with Crippen LogP contribution in [0.5, 0.6) is 11.5 Å². The number of hydrogen-bond donors (Lipinski definition) is 0. The molecule has 3 aromatic rings. The molecule has 1 aromatic carbocycles. The highest BCUT2D eigenvalue weighted by Crippen LogP contribution is 2.34. The number of ether oxygens (including phenoxy) is 4. The fourth-order valence-corrected chi connectivity index (χ4v) is 3.05. The molecule has 0 spiro atoms. The Hall–Kier alpha value is -3.42. The van der Waals surface area contributed by atoms with E-state index in [4.69, 9.17) is 18.9 Å². The fourth-order valence-electron chi connectivity index (χ4n) is 3.05. The van der Waals surface area contributed by atoms with Crippen LogP contribution in [0.25, 0.3) is 21.8 Å². The first-order chi connectivity index (χ1) is 15.2. The minimum absolute atomic E-state index is 0.124. The Balaban J connectivity index is 2.28. The van der Waals surface area contributed by atoms with Gasteiger partial charge >= 0.3 is 11.9 Å². The van der Waals surface area contributed by atoms with Crippen molar-refractivity contribution in [2.45, 2.75) is 27.7 Å². The molecule has 3 rings (SSSR count). The molecule has 0 bridgehead atoms. The first-order valence-corrected chi connectivity index (χ1v) is 10.4. The summed E-state index contributed by atoms with van der Waals surface area (Å²) in [5.41, 5.74) is 1.23. The van der Waals surface area contributed by atoms with Crippen LogP contribution in [0.15, 0.2) is 24.3 Å². The van der Waals surface area contributed by atoms with Gasteiger partial charge in [-0.25, -0.2) is 19.6 Å². The van der Waals surface area contributed by atoms with E-state index in [0.717, 1.165) is 0 Å². The molecule has 0 fully saturated rings. The lowest BCUT2D eigenvalue weighted by atomic mass is 10.1. The highest BCUT2D eigenvalue weighted by atomic mass is 16.5. The van der Waals surface area contributed by atoms with Gasteiger partial charge in [-0.05, 0) is 24.0 Å². The average Bonchev–Trinajstić information content (AvgIpc) is 2.77. The summed E-state index contributed by atoms with van der Waals surface area (Å²) in [6.07, 6.45) is 0. The smallest absolute Gasteiger partial charge is 0.356 e. The molecule has 0 amide bonds. The standard InChI is InChI=1S/C24H28N2O6/c1-13(2)11-31-21-9-19(23(27)29-5)25-17-8-18-16(7-15(17)21)22(32-12-14(3)4)10-20(26-18)24(28)30-6/h7-10,13-14H,11-12H2,1-6H3. The predicted molar refractivity (Wildman–Crippen MR) is 120 cm³/mol. The Bertz CT molecular complexity index is 1070. The Labute approximate surface area is 186 Å². The van der Waals surface area contributed by atoms with Crippen molar-refractivity contribution >= 4 is 33.7 Å². The molecule has 0 saturated heterocycles. The van der Waals surface area contributed by atoms with Gasteiger partial charge in [0.2, 0.25) is 0 Å². The largest absolute Gasteiger partial charge is 0.493 e. The van der Waals surface area contributed by atoms with E-state index in [1.807, 2.05) is 33.8 Å². The van der Waals surface area contributed by atoms with E-state index in [2.05, 4.69) is 9.97 Å². The lowest BCUT2D eigenvalue weighted by Crippen LogP contribution is -2.10. The Morgan fingerprint density at radius 1 is 0.719 bits per heavy atom. The minimum Gasteiger partial charge on any atom is -0.493 e. The normalized spacial score (nSPS) is 11.2. The Kier molecular flexibility index (Phi) is 7.12. The minimum atomic E-state index is -0.571. The molecule has 2 heterocycles. The molecule has 0 aliphatic heterocycles. The summed E-state index contributed by atoms with van der Waals surface area (Å²) in [7, 11) is 2.59. The quantitative estimate of drug-likeness (QED) is 0.375. The van der Waals surface area contributed by atoms with Crippen LogP contribution in [0.4, 0.5) is 0 Å². The SMILES string of the molecule is COC(=O)c1cc(OCC(C)C)c2cc3c(OCC(C)C)cc(C(=O)OC)nc3cc2n1. The number of nitrogens with zero attached hydrogens (tertiary/aromatic N) is 2. The van der Waals surface area contributed by atoms with Crippen molar-refractivity contribution in [2.24, 2.45) is 11.8 Å². The third-order valence-corrected chi connectivity index (χ3v) is 4.60. The zero-order valence-corrected chi connectivity index (χ0v) is 19.2. The second-order valence-electron chi connectivity index (χ2n) is 8.29. The number of methoxy groups -OCH3 is 2. The monoisotopic (exact) mass is 440 g/mol. The van der Waals surface area contributed by atoms with Crippen molar-refractivity contribution in [1.82, 2.24) is 9.97 Å². The van der Waals surface area contributed by atoms with Crippen LogP contribution in [-0.2, 0) is 9.47 Å². The molecule has 0 radical (unpaired) electrons. The number of benzene rings is 1. The predicted octanol–water partition coefficient (Wildman–Crippen LogP) is 4.43. The van der Waals surface area contributed by atoms with E-state index in [-0.39, 0.29) is 23.2 Å². The van der Waals surface area contributed by atoms with Gasteiger partial charge in [0.1, 0.15) is 11.5 Å². The summed E-state index contributed by atoms with van der Waals surface area (Å²) in [4.78, 5) is 33.2. The van der Waals surface area contributed by atoms with Crippen LogP contribution in [0.1, 0.15) is 48.7 Å². The Morgan fingerprint density at radius 2 is 1.12 bits per heavy atom. The van der Waals surface area contributed by atoms with Crippen molar-refractivity contribution in [3.63, 3.8) is 0 Å². The maximum atomic E-state index is 12.2. The highest BCUT2D eigenvalue weighted by Gasteiger charge is 2.19. The molecule has 0 unspecified atom stereocenters. The first kappa shape index (κ1) is 23.2. The molecule has 170 valence electrons. The molecule has 0 atom stereocenters. The van der Waals surface area contributed by atoms with Crippen molar-refractivity contribution in [3.8, 4) is 11.5 Å². The number of pyridine rings is 2. The third kappa shape index (κ3) is 5.07.